The molecular formula is C58H41NO. The van der Waals surface area contributed by atoms with Gasteiger partial charge in [-0.05, 0) is 118 Å². The molecule has 2 nitrogen and oxygen atoms in total. The Bertz CT molecular complexity index is 3310. The first kappa shape index (κ1) is 34.6. The molecule has 12 rings (SSSR count). The monoisotopic (exact) mass is 767 g/mol. The van der Waals surface area contributed by atoms with Gasteiger partial charge >= 0.3 is 0 Å². The van der Waals surface area contributed by atoms with E-state index in [0.29, 0.717) is 0 Å². The van der Waals surface area contributed by atoms with Crippen LogP contribution in [-0.4, -0.2) is 0 Å². The number of hydrogen-bond donors (Lipinski definition) is 0. The van der Waals surface area contributed by atoms with E-state index in [2.05, 4.69) is 225 Å². The van der Waals surface area contributed by atoms with Crippen LogP contribution >= 0.6 is 0 Å². The van der Waals surface area contributed by atoms with Crippen LogP contribution in [0.15, 0.2) is 217 Å². The Morgan fingerprint density at radius 3 is 1.72 bits per heavy atom. The van der Waals surface area contributed by atoms with E-state index in [0.717, 1.165) is 50.1 Å². The summed E-state index contributed by atoms with van der Waals surface area (Å²) in [4.78, 5) is 2.51. The van der Waals surface area contributed by atoms with Gasteiger partial charge in [0.15, 0.2) is 0 Å². The standard InChI is InChI=1S/C58H41NO/c1-57(39-19-5-3-6-20-39)49-29-13-10-25-46(49)56-50(57)30-17-31-52(56)59(41-23-15-18-38(36-41)43-27-16-33-54-55(43)47-26-11-14-32-53(47)60-54)42-34-35-45-44-24-9-12-28-48(44)58(2,51(45)37-42)40-21-7-4-8-22-40/h3-37H,1-2H3. The maximum Gasteiger partial charge on any atom is 0.136 e. The minimum absolute atomic E-state index is 0.333. The van der Waals surface area contributed by atoms with Gasteiger partial charge in [0.05, 0.1) is 5.69 Å². The number of hydrogen-bond acceptors (Lipinski definition) is 2. The SMILES string of the molecule is CC1(c2ccccc2)c2ccccc2-c2ccc(N(c3cccc(-c4cccc5oc6ccccc6c45)c3)c3cccc4c3-c3ccccc3C4(C)c3ccccc3)cc21. The summed E-state index contributed by atoms with van der Waals surface area (Å²) in [6, 6.07) is 77.9. The molecule has 9 aromatic carbocycles. The van der Waals surface area contributed by atoms with Crippen molar-refractivity contribution in [2.45, 2.75) is 24.7 Å². The molecular weight excluding hydrogens is 727 g/mol. The Kier molecular flexibility index (Phi) is 7.52. The molecule has 2 atom stereocenters. The first-order valence-electron chi connectivity index (χ1n) is 20.9. The van der Waals surface area contributed by atoms with Crippen molar-refractivity contribution in [2.24, 2.45) is 0 Å². The topological polar surface area (TPSA) is 16.4 Å². The lowest BCUT2D eigenvalue weighted by Gasteiger charge is -2.32. The molecule has 10 aromatic rings. The zero-order valence-electron chi connectivity index (χ0n) is 33.6. The summed E-state index contributed by atoms with van der Waals surface area (Å²) in [5.41, 5.74) is 19.8. The largest absolute Gasteiger partial charge is 0.456 e. The van der Waals surface area contributed by atoms with Crippen molar-refractivity contribution >= 4 is 39.0 Å². The van der Waals surface area contributed by atoms with Crippen LogP contribution in [0.3, 0.4) is 0 Å². The van der Waals surface area contributed by atoms with Crippen LogP contribution in [0.4, 0.5) is 17.1 Å². The molecule has 0 radical (unpaired) electrons. The third-order valence-electron chi connectivity index (χ3n) is 13.6. The summed E-state index contributed by atoms with van der Waals surface area (Å²) >= 11 is 0. The van der Waals surface area contributed by atoms with Crippen molar-refractivity contribution < 1.29 is 4.42 Å². The fraction of sp³-hybridized carbons (Fsp3) is 0.0690. The van der Waals surface area contributed by atoms with Crippen molar-refractivity contribution in [2.75, 3.05) is 4.90 Å². The molecule has 1 heterocycles. The molecule has 0 saturated heterocycles. The lowest BCUT2D eigenvalue weighted by Crippen LogP contribution is -2.23. The number of para-hydroxylation sites is 1. The quantitative estimate of drug-likeness (QED) is 0.168. The number of fused-ring (bicyclic) bond motifs is 9. The van der Waals surface area contributed by atoms with Crippen molar-refractivity contribution in [3.63, 3.8) is 0 Å². The van der Waals surface area contributed by atoms with Crippen LogP contribution in [0, 0.1) is 0 Å². The summed E-state index contributed by atoms with van der Waals surface area (Å²) in [7, 11) is 0. The molecule has 60 heavy (non-hydrogen) atoms. The van der Waals surface area contributed by atoms with Gasteiger partial charge < -0.3 is 9.32 Å². The van der Waals surface area contributed by atoms with Gasteiger partial charge in [-0.2, -0.15) is 0 Å². The van der Waals surface area contributed by atoms with Gasteiger partial charge in [-0.15, -0.1) is 0 Å². The molecule has 0 amide bonds. The van der Waals surface area contributed by atoms with Crippen molar-refractivity contribution in [3.8, 4) is 33.4 Å². The highest BCUT2D eigenvalue weighted by Gasteiger charge is 2.44. The average Bonchev–Trinajstić information content (AvgIpc) is 3.92. The highest BCUT2D eigenvalue weighted by molar-refractivity contribution is 6.12. The Morgan fingerprint density at radius 1 is 0.383 bits per heavy atom. The van der Waals surface area contributed by atoms with Gasteiger partial charge in [-0.25, -0.2) is 0 Å². The number of furan rings is 1. The fourth-order valence-corrected chi connectivity index (χ4v) is 10.7. The Morgan fingerprint density at radius 2 is 0.933 bits per heavy atom. The maximum atomic E-state index is 6.39. The zero-order chi connectivity index (χ0) is 40.0. The molecule has 0 spiro atoms. The van der Waals surface area contributed by atoms with Gasteiger partial charge in [0.2, 0.25) is 0 Å². The first-order chi connectivity index (χ1) is 29.5. The smallest absolute Gasteiger partial charge is 0.136 e. The molecule has 0 N–H and O–H groups in total. The minimum Gasteiger partial charge on any atom is -0.456 e. The molecule has 2 aliphatic carbocycles. The normalized spacial score (nSPS) is 17.3. The summed E-state index contributed by atoms with van der Waals surface area (Å²) in [5.74, 6) is 0. The van der Waals surface area contributed by atoms with Crippen LogP contribution in [0.1, 0.15) is 47.2 Å². The van der Waals surface area contributed by atoms with E-state index in [-0.39, 0.29) is 10.8 Å². The zero-order valence-corrected chi connectivity index (χ0v) is 33.6. The third-order valence-corrected chi connectivity index (χ3v) is 13.6. The molecule has 2 unspecified atom stereocenters. The maximum absolute atomic E-state index is 6.39. The third kappa shape index (κ3) is 4.82. The van der Waals surface area contributed by atoms with E-state index in [1.54, 1.807) is 0 Å². The van der Waals surface area contributed by atoms with Crippen molar-refractivity contribution in [1.29, 1.82) is 0 Å². The van der Waals surface area contributed by atoms with Crippen LogP contribution in [0.2, 0.25) is 0 Å². The van der Waals surface area contributed by atoms with Gasteiger partial charge in [-0.1, -0.05) is 170 Å². The Hall–Kier alpha value is -7.42. The highest BCUT2D eigenvalue weighted by Crippen LogP contribution is 2.58. The molecule has 0 saturated carbocycles. The summed E-state index contributed by atoms with van der Waals surface area (Å²) in [6.45, 7) is 4.80. The van der Waals surface area contributed by atoms with E-state index < -0.39 is 0 Å². The van der Waals surface area contributed by atoms with Gasteiger partial charge in [0.1, 0.15) is 11.2 Å². The first-order valence-corrected chi connectivity index (χ1v) is 20.9. The highest BCUT2D eigenvalue weighted by atomic mass is 16.3. The van der Waals surface area contributed by atoms with E-state index >= 15 is 0 Å². The van der Waals surface area contributed by atoms with Crippen LogP contribution < -0.4 is 4.90 Å². The molecule has 0 aliphatic heterocycles. The van der Waals surface area contributed by atoms with E-state index in [1.807, 2.05) is 6.07 Å². The lowest BCUT2D eigenvalue weighted by atomic mass is 9.74. The van der Waals surface area contributed by atoms with Gasteiger partial charge in [0, 0.05) is 38.5 Å². The molecule has 0 fully saturated rings. The Balaban J connectivity index is 1.13. The summed E-state index contributed by atoms with van der Waals surface area (Å²) in [6.07, 6.45) is 0. The van der Waals surface area contributed by atoms with E-state index in [9.17, 15) is 0 Å². The van der Waals surface area contributed by atoms with Crippen LogP contribution in [-0.2, 0) is 10.8 Å². The second-order valence-electron chi connectivity index (χ2n) is 16.7. The lowest BCUT2D eigenvalue weighted by molar-refractivity contribution is 0.669. The predicted octanol–water partition coefficient (Wildman–Crippen LogP) is 15.4. The summed E-state index contributed by atoms with van der Waals surface area (Å²) < 4.78 is 6.39. The van der Waals surface area contributed by atoms with E-state index in [4.69, 9.17) is 4.42 Å². The number of rotatable bonds is 6. The fourth-order valence-electron chi connectivity index (χ4n) is 10.7. The molecule has 284 valence electrons. The second-order valence-corrected chi connectivity index (χ2v) is 16.7. The van der Waals surface area contributed by atoms with Crippen molar-refractivity contribution in [3.05, 3.63) is 246 Å². The predicted molar refractivity (Wildman–Crippen MR) is 249 cm³/mol. The van der Waals surface area contributed by atoms with Crippen molar-refractivity contribution in [1.82, 2.24) is 0 Å². The average molecular weight is 768 g/mol. The van der Waals surface area contributed by atoms with Gasteiger partial charge in [0.25, 0.3) is 0 Å². The number of anilines is 3. The Labute approximate surface area is 350 Å². The second kappa shape index (κ2) is 13.0. The van der Waals surface area contributed by atoms with Gasteiger partial charge in [-0.3, -0.25) is 0 Å². The molecule has 2 heteroatoms. The molecule has 0 bridgehead atoms. The molecule has 2 aliphatic rings. The summed E-state index contributed by atoms with van der Waals surface area (Å²) in [5, 5.41) is 2.26. The van der Waals surface area contributed by atoms with Crippen LogP contribution in [0.25, 0.3) is 55.3 Å². The van der Waals surface area contributed by atoms with Crippen LogP contribution in [0.5, 0.6) is 0 Å². The van der Waals surface area contributed by atoms with E-state index in [1.165, 1.54) is 55.6 Å². The molecule has 1 aromatic heterocycles. The number of nitrogens with zero attached hydrogens (tertiary/aromatic N) is 1. The minimum atomic E-state index is -0.341. The number of benzene rings is 9.